The summed E-state index contributed by atoms with van der Waals surface area (Å²) in [4.78, 5) is 4.35. The minimum atomic E-state index is 0.658. The fraction of sp³-hybridized carbons (Fsp3) is 0.364. The number of aromatic nitrogens is 2. The highest BCUT2D eigenvalue weighted by Crippen LogP contribution is 2.24. The monoisotopic (exact) mass is 265 g/mol. The highest BCUT2D eigenvalue weighted by atomic mass is 79.9. The Labute approximate surface area is 96.6 Å². The number of rotatable bonds is 1. The van der Waals surface area contributed by atoms with E-state index in [-0.39, 0.29) is 0 Å². The molecule has 3 rings (SSSR count). The zero-order chi connectivity index (χ0) is 10.3. The largest absolute Gasteiger partial charge is 0.316 e. The van der Waals surface area contributed by atoms with Gasteiger partial charge >= 0.3 is 0 Å². The summed E-state index contributed by atoms with van der Waals surface area (Å²) in [5, 5.41) is 3.39. The Bertz CT molecular complexity index is 486. The van der Waals surface area contributed by atoms with Crippen molar-refractivity contribution in [2.45, 2.75) is 12.3 Å². The normalized spacial score (nSPS) is 21.3. The number of halogens is 1. The van der Waals surface area contributed by atoms with Gasteiger partial charge in [-0.1, -0.05) is 0 Å². The Balaban J connectivity index is 2.05. The van der Waals surface area contributed by atoms with Crippen LogP contribution in [0.15, 0.2) is 29.1 Å². The van der Waals surface area contributed by atoms with E-state index in [1.807, 2.05) is 10.6 Å². The van der Waals surface area contributed by atoms with E-state index in [9.17, 15) is 0 Å². The van der Waals surface area contributed by atoms with Crippen molar-refractivity contribution in [2.24, 2.45) is 0 Å². The van der Waals surface area contributed by atoms with Crippen molar-refractivity contribution in [3.63, 3.8) is 0 Å². The minimum absolute atomic E-state index is 0.658. The van der Waals surface area contributed by atoms with Crippen molar-refractivity contribution < 1.29 is 0 Å². The molecule has 1 fully saturated rings. The summed E-state index contributed by atoms with van der Waals surface area (Å²) in [6.07, 6.45) is 5.16. The predicted octanol–water partition coefficient (Wildman–Crippen LogP) is 2.17. The van der Waals surface area contributed by atoms with Crippen LogP contribution in [0.25, 0.3) is 5.65 Å². The van der Waals surface area contributed by atoms with Gasteiger partial charge in [-0.2, -0.15) is 0 Å². The molecule has 1 unspecified atom stereocenters. The van der Waals surface area contributed by atoms with Crippen molar-refractivity contribution in [3.8, 4) is 0 Å². The fourth-order valence-electron chi connectivity index (χ4n) is 2.16. The summed E-state index contributed by atoms with van der Waals surface area (Å²) in [5.74, 6) is 0.658. The first-order valence-electron chi connectivity index (χ1n) is 5.18. The summed E-state index contributed by atoms with van der Waals surface area (Å²) >= 11 is 3.46. The van der Waals surface area contributed by atoms with Crippen LogP contribution in [0.4, 0.5) is 0 Å². The average Bonchev–Trinajstić information content (AvgIpc) is 2.88. The van der Waals surface area contributed by atoms with Crippen LogP contribution in [0.1, 0.15) is 17.9 Å². The van der Waals surface area contributed by atoms with E-state index in [1.165, 1.54) is 12.0 Å². The molecule has 0 saturated carbocycles. The molecule has 3 heterocycles. The number of nitrogens with one attached hydrogen (secondary N) is 1. The lowest BCUT2D eigenvalue weighted by molar-refractivity contribution is 0.762. The third kappa shape index (κ3) is 1.58. The first kappa shape index (κ1) is 9.36. The molecule has 1 aliphatic heterocycles. The summed E-state index contributed by atoms with van der Waals surface area (Å²) in [7, 11) is 0. The van der Waals surface area contributed by atoms with Crippen molar-refractivity contribution in [1.29, 1.82) is 0 Å². The first-order valence-corrected chi connectivity index (χ1v) is 5.97. The Morgan fingerprint density at radius 3 is 3.27 bits per heavy atom. The molecule has 1 atom stereocenters. The lowest BCUT2D eigenvalue weighted by Crippen LogP contribution is -2.08. The molecule has 78 valence electrons. The standard InChI is InChI=1S/C11H12BrN3/c12-10-7-14-11-5-8(2-4-15(10)11)9-1-3-13-6-9/h2,4-5,7,9,13H,1,3,6H2. The van der Waals surface area contributed by atoms with Crippen LogP contribution in [-0.2, 0) is 0 Å². The van der Waals surface area contributed by atoms with E-state index in [4.69, 9.17) is 0 Å². The number of hydrogen-bond acceptors (Lipinski definition) is 2. The average molecular weight is 266 g/mol. The molecule has 0 radical (unpaired) electrons. The number of fused-ring (bicyclic) bond motifs is 1. The van der Waals surface area contributed by atoms with Gasteiger partial charge in [-0.3, -0.25) is 4.40 Å². The van der Waals surface area contributed by atoms with Crippen LogP contribution in [0.2, 0.25) is 0 Å². The zero-order valence-electron chi connectivity index (χ0n) is 8.28. The summed E-state index contributed by atoms with van der Waals surface area (Å²) < 4.78 is 3.06. The Kier molecular flexibility index (Phi) is 2.25. The summed E-state index contributed by atoms with van der Waals surface area (Å²) in [5.41, 5.74) is 2.41. The van der Waals surface area contributed by atoms with Crippen molar-refractivity contribution in [2.75, 3.05) is 13.1 Å². The number of nitrogens with zero attached hydrogens (tertiary/aromatic N) is 2. The summed E-state index contributed by atoms with van der Waals surface area (Å²) in [6, 6.07) is 4.37. The van der Waals surface area contributed by atoms with Crippen LogP contribution in [-0.4, -0.2) is 22.5 Å². The quantitative estimate of drug-likeness (QED) is 0.857. The van der Waals surface area contributed by atoms with Gasteiger partial charge in [0.25, 0.3) is 0 Å². The van der Waals surface area contributed by atoms with Crippen molar-refractivity contribution in [3.05, 3.63) is 34.7 Å². The fourth-order valence-corrected chi connectivity index (χ4v) is 2.56. The second kappa shape index (κ2) is 3.61. The molecule has 1 N–H and O–H groups in total. The molecule has 2 aromatic heterocycles. The molecule has 1 saturated heterocycles. The molecule has 3 nitrogen and oxygen atoms in total. The van der Waals surface area contributed by atoms with E-state index < -0.39 is 0 Å². The van der Waals surface area contributed by atoms with E-state index in [0.717, 1.165) is 23.3 Å². The van der Waals surface area contributed by atoms with Gasteiger partial charge in [-0.15, -0.1) is 0 Å². The van der Waals surface area contributed by atoms with E-state index >= 15 is 0 Å². The predicted molar refractivity (Wildman–Crippen MR) is 63.1 cm³/mol. The van der Waals surface area contributed by atoms with Crippen molar-refractivity contribution in [1.82, 2.24) is 14.7 Å². The van der Waals surface area contributed by atoms with E-state index in [1.54, 1.807) is 0 Å². The zero-order valence-corrected chi connectivity index (χ0v) is 9.87. The van der Waals surface area contributed by atoms with Gasteiger partial charge in [0.2, 0.25) is 0 Å². The molecule has 1 aliphatic rings. The van der Waals surface area contributed by atoms with Crippen LogP contribution in [0.5, 0.6) is 0 Å². The van der Waals surface area contributed by atoms with Gasteiger partial charge in [0.05, 0.1) is 6.20 Å². The lowest BCUT2D eigenvalue weighted by atomic mass is 10.00. The van der Waals surface area contributed by atoms with Crippen LogP contribution >= 0.6 is 15.9 Å². The molecular weight excluding hydrogens is 254 g/mol. The lowest BCUT2D eigenvalue weighted by Gasteiger charge is -2.08. The van der Waals surface area contributed by atoms with Crippen molar-refractivity contribution >= 4 is 21.6 Å². The number of imidazole rings is 1. The maximum Gasteiger partial charge on any atom is 0.137 e. The number of pyridine rings is 1. The smallest absolute Gasteiger partial charge is 0.137 e. The summed E-state index contributed by atoms with van der Waals surface area (Å²) in [6.45, 7) is 2.23. The SMILES string of the molecule is Brc1cnc2cc(C3CCNC3)ccn12. The highest BCUT2D eigenvalue weighted by molar-refractivity contribution is 9.10. The van der Waals surface area contributed by atoms with Gasteiger partial charge in [-0.05, 0) is 52.5 Å². The minimum Gasteiger partial charge on any atom is -0.316 e. The maximum absolute atomic E-state index is 4.35. The van der Waals surface area contributed by atoms with Gasteiger partial charge in [-0.25, -0.2) is 4.98 Å². The highest BCUT2D eigenvalue weighted by Gasteiger charge is 2.17. The second-order valence-corrected chi connectivity index (χ2v) is 4.77. The molecule has 0 aliphatic carbocycles. The van der Waals surface area contributed by atoms with Gasteiger partial charge in [0.1, 0.15) is 10.3 Å². The number of hydrogen-bond donors (Lipinski definition) is 1. The Morgan fingerprint density at radius 2 is 2.47 bits per heavy atom. The second-order valence-electron chi connectivity index (χ2n) is 3.96. The topological polar surface area (TPSA) is 29.3 Å². The van der Waals surface area contributed by atoms with Crippen LogP contribution in [0.3, 0.4) is 0 Å². The molecule has 0 bridgehead atoms. The molecule has 0 amide bonds. The molecule has 0 aromatic carbocycles. The third-order valence-electron chi connectivity index (χ3n) is 3.02. The van der Waals surface area contributed by atoms with Gasteiger partial charge in [0, 0.05) is 12.7 Å². The molecule has 4 heteroatoms. The van der Waals surface area contributed by atoms with Gasteiger partial charge in [0.15, 0.2) is 0 Å². The Hall–Kier alpha value is -0.870. The van der Waals surface area contributed by atoms with Crippen LogP contribution in [0, 0.1) is 0 Å². The third-order valence-corrected chi connectivity index (χ3v) is 3.61. The first-order chi connectivity index (χ1) is 7.34. The van der Waals surface area contributed by atoms with E-state index in [2.05, 4.69) is 44.6 Å². The van der Waals surface area contributed by atoms with Gasteiger partial charge < -0.3 is 5.32 Å². The maximum atomic E-state index is 4.35. The molecule has 0 spiro atoms. The van der Waals surface area contributed by atoms with E-state index in [0.29, 0.717) is 5.92 Å². The molecule has 2 aromatic rings. The Morgan fingerprint density at radius 1 is 1.53 bits per heavy atom. The van der Waals surface area contributed by atoms with Crippen LogP contribution < -0.4 is 5.32 Å². The molecule has 15 heavy (non-hydrogen) atoms. The molecular formula is C11H12BrN3.